The lowest BCUT2D eigenvalue weighted by atomic mass is 10.0. The first kappa shape index (κ1) is 32.2. The number of nitrogens with one attached hydrogen (secondary N) is 1. The molecule has 1 N–H and O–H groups in total. The van der Waals surface area contributed by atoms with E-state index in [-0.39, 0.29) is 23.0 Å². The Balaban J connectivity index is 1.30. The number of hydrogen-bond acceptors (Lipinski definition) is 7. The minimum atomic E-state index is -3.58. The number of anilines is 1. The van der Waals surface area contributed by atoms with E-state index in [1.165, 1.54) is 0 Å². The number of nitrogens with zero attached hydrogens (tertiary/aromatic N) is 1. The van der Waals surface area contributed by atoms with E-state index in [0.29, 0.717) is 53.5 Å². The van der Waals surface area contributed by atoms with Gasteiger partial charge in [0.05, 0.1) is 22.3 Å². The van der Waals surface area contributed by atoms with Crippen LogP contribution in [-0.4, -0.2) is 71.1 Å². The molecule has 0 unspecified atom stereocenters. The highest BCUT2D eigenvalue weighted by atomic mass is 35.5. The number of ether oxygens (including phenoxy) is 3. The zero-order chi connectivity index (χ0) is 31.1. The minimum absolute atomic E-state index is 0.117. The van der Waals surface area contributed by atoms with Gasteiger partial charge in [0.15, 0.2) is 9.84 Å². The second kappa shape index (κ2) is 14.7. The van der Waals surface area contributed by atoms with E-state index < -0.39 is 9.84 Å². The van der Waals surface area contributed by atoms with Gasteiger partial charge in [-0.2, -0.15) is 0 Å². The Morgan fingerprint density at radius 3 is 2.48 bits per heavy atom. The number of carbonyl (C=O) groups is 1. The van der Waals surface area contributed by atoms with E-state index >= 15 is 0 Å². The van der Waals surface area contributed by atoms with E-state index in [1.807, 2.05) is 37.3 Å². The number of benzene rings is 3. The summed E-state index contributed by atoms with van der Waals surface area (Å²) >= 11 is 6.49. The van der Waals surface area contributed by atoms with Crippen LogP contribution >= 0.6 is 11.6 Å². The number of carbonyl (C=O) groups excluding carboxylic acids is 1. The van der Waals surface area contributed by atoms with E-state index in [4.69, 9.17) is 25.8 Å². The number of amides is 1. The molecule has 10 heteroatoms. The lowest BCUT2D eigenvalue weighted by Gasteiger charge is -2.31. The van der Waals surface area contributed by atoms with Crippen LogP contribution < -0.4 is 10.1 Å². The molecule has 2 aliphatic rings. The Kier molecular flexibility index (Phi) is 10.8. The van der Waals surface area contributed by atoms with Crippen LogP contribution in [0.4, 0.5) is 5.69 Å². The lowest BCUT2D eigenvalue weighted by Crippen LogP contribution is -2.36. The van der Waals surface area contributed by atoms with Gasteiger partial charge in [-0.1, -0.05) is 35.9 Å². The third kappa shape index (κ3) is 8.08. The molecule has 2 aliphatic heterocycles. The van der Waals surface area contributed by atoms with Crippen LogP contribution in [-0.2, 0) is 30.7 Å². The number of hydrogen-bond donors (Lipinski definition) is 1. The first-order valence-electron chi connectivity index (χ1n) is 15.0. The molecule has 3 aromatic rings. The molecule has 0 radical (unpaired) electrons. The minimum Gasteiger partial charge on any atom is -0.490 e. The maximum atomic E-state index is 13.3. The number of sulfone groups is 1. The number of fused-ring (bicyclic) bond motifs is 1. The van der Waals surface area contributed by atoms with Crippen LogP contribution in [0.2, 0.25) is 5.02 Å². The second-order valence-electron chi connectivity index (χ2n) is 11.1. The van der Waals surface area contributed by atoms with Crippen LogP contribution in [0, 0.1) is 0 Å². The fraction of sp³-hybridized carbons (Fsp3) is 0.382. The summed E-state index contributed by atoms with van der Waals surface area (Å²) < 4.78 is 42.7. The quantitative estimate of drug-likeness (QED) is 0.249. The van der Waals surface area contributed by atoms with Crippen LogP contribution in [0.1, 0.15) is 37.3 Å². The molecule has 1 amide bonds. The summed E-state index contributed by atoms with van der Waals surface area (Å²) in [5.74, 6) is 0.0863. The van der Waals surface area contributed by atoms with Gasteiger partial charge >= 0.3 is 0 Å². The fourth-order valence-corrected chi connectivity index (χ4v) is 7.21. The van der Waals surface area contributed by atoms with Crippen molar-refractivity contribution in [3.8, 4) is 16.9 Å². The summed E-state index contributed by atoms with van der Waals surface area (Å²) in [5, 5.41) is 3.40. The van der Waals surface area contributed by atoms with Crippen molar-refractivity contribution in [2.45, 2.75) is 43.7 Å². The monoisotopic (exact) mass is 638 g/mol. The highest BCUT2D eigenvalue weighted by molar-refractivity contribution is 7.91. The Bertz CT molecular complexity index is 1600. The molecule has 0 aliphatic carbocycles. The molecule has 0 atom stereocenters. The summed E-state index contributed by atoms with van der Waals surface area (Å²) in [6, 6.07) is 18.9. The molecule has 44 heavy (non-hydrogen) atoms. The van der Waals surface area contributed by atoms with Gasteiger partial charge in [0, 0.05) is 43.7 Å². The highest BCUT2D eigenvalue weighted by Crippen LogP contribution is 2.34. The molecule has 3 aromatic carbocycles. The first-order valence-corrected chi connectivity index (χ1v) is 17.0. The molecule has 0 spiro atoms. The lowest BCUT2D eigenvalue weighted by molar-refractivity contribution is -0.112. The standard InChI is InChI=1S/C34H39ClN2O6S/c1-3-41-17-18-43-32-10-6-26(22-31(32)35)25-7-11-33-28(20-25)21-27(14-19-44(33,39)40)34(38)36-29-8-4-24(5-9-29)23-37(2)30-12-15-42-16-13-30/h4-11,20-22,30H,3,12-19,23H2,1-2H3,(H,36,38). The smallest absolute Gasteiger partial charge is 0.251 e. The zero-order valence-electron chi connectivity index (χ0n) is 25.2. The van der Waals surface area contributed by atoms with E-state index in [1.54, 1.807) is 36.4 Å². The molecule has 5 rings (SSSR count). The molecule has 0 aromatic heterocycles. The van der Waals surface area contributed by atoms with Gasteiger partial charge in [-0.25, -0.2) is 8.42 Å². The predicted octanol–water partition coefficient (Wildman–Crippen LogP) is 6.23. The third-order valence-electron chi connectivity index (χ3n) is 8.02. The van der Waals surface area contributed by atoms with Crippen LogP contribution in [0.3, 0.4) is 0 Å². The van der Waals surface area contributed by atoms with E-state index in [0.717, 1.165) is 49.3 Å². The summed E-state index contributed by atoms with van der Waals surface area (Å²) in [4.78, 5) is 15.9. The van der Waals surface area contributed by atoms with Crippen molar-refractivity contribution in [2.24, 2.45) is 0 Å². The molecule has 1 saturated heterocycles. The topological polar surface area (TPSA) is 94.2 Å². The van der Waals surface area contributed by atoms with Crippen molar-refractivity contribution >= 4 is 39.1 Å². The van der Waals surface area contributed by atoms with Gasteiger partial charge in [0.25, 0.3) is 5.91 Å². The normalized spacial score (nSPS) is 16.6. The van der Waals surface area contributed by atoms with E-state index in [2.05, 4.69) is 17.3 Å². The average Bonchev–Trinajstić information content (AvgIpc) is 3.16. The molecule has 0 bridgehead atoms. The summed E-state index contributed by atoms with van der Waals surface area (Å²) in [6.07, 6.45) is 3.86. The Morgan fingerprint density at radius 2 is 1.75 bits per heavy atom. The Hall–Kier alpha value is -3.21. The molecule has 1 fully saturated rings. The second-order valence-corrected chi connectivity index (χ2v) is 13.6. The van der Waals surface area contributed by atoms with Gasteiger partial charge in [-0.3, -0.25) is 9.69 Å². The van der Waals surface area contributed by atoms with E-state index in [9.17, 15) is 13.2 Å². The number of halogens is 1. The van der Waals surface area contributed by atoms with Crippen molar-refractivity contribution in [3.63, 3.8) is 0 Å². The molecule has 234 valence electrons. The van der Waals surface area contributed by atoms with Crippen molar-refractivity contribution in [2.75, 3.05) is 51.2 Å². The van der Waals surface area contributed by atoms with Crippen LogP contribution in [0.5, 0.6) is 5.75 Å². The van der Waals surface area contributed by atoms with Gasteiger partial charge in [0.1, 0.15) is 12.4 Å². The zero-order valence-corrected chi connectivity index (χ0v) is 26.8. The Labute approximate surface area is 264 Å². The van der Waals surface area contributed by atoms with Gasteiger partial charge in [-0.05, 0) is 98.0 Å². The Morgan fingerprint density at radius 1 is 1.02 bits per heavy atom. The summed E-state index contributed by atoms with van der Waals surface area (Å²) in [7, 11) is -1.45. The van der Waals surface area contributed by atoms with Crippen LogP contribution in [0.25, 0.3) is 17.2 Å². The molecule has 8 nitrogen and oxygen atoms in total. The molecule has 2 heterocycles. The largest absolute Gasteiger partial charge is 0.490 e. The third-order valence-corrected chi connectivity index (χ3v) is 10.1. The van der Waals surface area contributed by atoms with Gasteiger partial charge < -0.3 is 19.5 Å². The summed E-state index contributed by atoms with van der Waals surface area (Å²) in [5.41, 5.74) is 4.28. The SMILES string of the molecule is CCOCCOc1ccc(-c2ccc3c(c2)C=C(C(=O)Nc2ccc(CN(C)C4CCOCC4)cc2)CCS3(=O)=O)cc1Cl. The van der Waals surface area contributed by atoms with Crippen molar-refractivity contribution in [1.29, 1.82) is 0 Å². The molecular weight excluding hydrogens is 600 g/mol. The average molecular weight is 639 g/mol. The van der Waals surface area contributed by atoms with Crippen molar-refractivity contribution < 1.29 is 27.4 Å². The molecular formula is C34H39ClN2O6S. The maximum Gasteiger partial charge on any atom is 0.251 e. The maximum absolute atomic E-state index is 13.3. The highest BCUT2D eigenvalue weighted by Gasteiger charge is 2.25. The summed E-state index contributed by atoms with van der Waals surface area (Å²) in [6.45, 7) is 5.81. The van der Waals surface area contributed by atoms with Gasteiger partial charge in [0.2, 0.25) is 0 Å². The van der Waals surface area contributed by atoms with Crippen LogP contribution in [0.15, 0.2) is 71.1 Å². The van der Waals surface area contributed by atoms with Crippen molar-refractivity contribution in [3.05, 3.63) is 82.4 Å². The predicted molar refractivity (Wildman–Crippen MR) is 174 cm³/mol. The van der Waals surface area contributed by atoms with Gasteiger partial charge in [-0.15, -0.1) is 0 Å². The fourth-order valence-electron chi connectivity index (χ4n) is 5.52. The number of rotatable bonds is 11. The molecule has 0 saturated carbocycles. The first-order chi connectivity index (χ1) is 21.2. The van der Waals surface area contributed by atoms with Crippen molar-refractivity contribution in [1.82, 2.24) is 4.90 Å².